The van der Waals surface area contributed by atoms with Crippen LogP contribution >= 0.6 is 11.8 Å². The number of hydrogen-bond donors (Lipinski definition) is 3. The standard InChI is InChI=1S/C14H16N2O5S/c1-9-12(19)15-14(20)16(8-21-6-5-17)13(9)22-11-4-2-3-10(18)7-11/h2-4,7,17-18H,5-6,8H2,1H3,(H,15,19,20). The summed E-state index contributed by atoms with van der Waals surface area (Å²) in [5, 5.41) is 18.7. The fourth-order valence-electron chi connectivity index (χ4n) is 1.78. The highest BCUT2D eigenvalue weighted by atomic mass is 32.2. The minimum atomic E-state index is -0.587. The van der Waals surface area contributed by atoms with Crippen LogP contribution < -0.4 is 11.2 Å². The van der Waals surface area contributed by atoms with Gasteiger partial charge in [-0.2, -0.15) is 0 Å². The molecule has 3 N–H and O–H groups in total. The van der Waals surface area contributed by atoms with E-state index in [0.717, 1.165) is 0 Å². The molecule has 0 fully saturated rings. The molecule has 1 aromatic heterocycles. The first-order chi connectivity index (χ1) is 10.5. The molecular formula is C14H16N2O5S. The van der Waals surface area contributed by atoms with Crippen LogP contribution in [0.2, 0.25) is 0 Å². The van der Waals surface area contributed by atoms with Gasteiger partial charge in [0.25, 0.3) is 5.56 Å². The van der Waals surface area contributed by atoms with Gasteiger partial charge in [-0.15, -0.1) is 0 Å². The van der Waals surface area contributed by atoms with E-state index in [1.54, 1.807) is 19.1 Å². The zero-order valence-electron chi connectivity index (χ0n) is 11.9. The predicted octanol–water partition coefficient (Wildman–Crippen LogP) is 0.668. The van der Waals surface area contributed by atoms with E-state index in [-0.39, 0.29) is 25.7 Å². The predicted molar refractivity (Wildman–Crippen MR) is 81.3 cm³/mol. The van der Waals surface area contributed by atoms with Gasteiger partial charge >= 0.3 is 5.69 Å². The first kappa shape index (κ1) is 16.3. The first-order valence-electron chi connectivity index (χ1n) is 6.52. The number of phenolic OH excluding ortho intramolecular Hbond substituents is 1. The van der Waals surface area contributed by atoms with Crippen LogP contribution in [0.4, 0.5) is 0 Å². The minimum Gasteiger partial charge on any atom is -0.508 e. The van der Waals surface area contributed by atoms with E-state index in [4.69, 9.17) is 9.84 Å². The Labute approximate surface area is 130 Å². The van der Waals surface area contributed by atoms with Crippen LogP contribution in [0.15, 0.2) is 43.8 Å². The van der Waals surface area contributed by atoms with Gasteiger partial charge in [0, 0.05) is 10.5 Å². The van der Waals surface area contributed by atoms with Crippen molar-refractivity contribution in [3.63, 3.8) is 0 Å². The number of aromatic hydroxyl groups is 1. The summed E-state index contributed by atoms with van der Waals surface area (Å²) < 4.78 is 6.45. The topological polar surface area (TPSA) is 105 Å². The van der Waals surface area contributed by atoms with Gasteiger partial charge in [0.2, 0.25) is 0 Å². The van der Waals surface area contributed by atoms with Crippen molar-refractivity contribution in [3.8, 4) is 5.75 Å². The monoisotopic (exact) mass is 324 g/mol. The molecule has 8 heteroatoms. The molecular weight excluding hydrogens is 308 g/mol. The van der Waals surface area contributed by atoms with Crippen molar-refractivity contribution in [2.24, 2.45) is 0 Å². The lowest BCUT2D eigenvalue weighted by Crippen LogP contribution is -2.33. The highest BCUT2D eigenvalue weighted by Gasteiger charge is 2.13. The lowest BCUT2D eigenvalue weighted by atomic mass is 10.3. The number of benzene rings is 1. The highest BCUT2D eigenvalue weighted by Crippen LogP contribution is 2.30. The molecule has 1 heterocycles. The number of aliphatic hydroxyl groups excluding tert-OH is 1. The summed E-state index contributed by atoms with van der Waals surface area (Å²) in [6, 6.07) is 6.50. The van der Waals surface area contributed by atoms with Crippen molar-refractivity contribution in [1.82, 2.24) is 9.55 Å². The van der Waals surface area contributed by atoms with Gasteiger partial charge in [-0.25, -0.2) is 4.79 Å². The average molecular weight is 324 g/mol. The van der Waals surface area contributed by atoms with E-state index < -0.39 is 11.2 Å². The van der Waals surface area contributed by atoms with Crippen LogP contribution in [-0.2, 0) is 11.5 Å². The molecule has 0 bridgehead atoms. The Hall–Kier alpha value is -2.03. The summed E-state index contributed by atoms with van der Waals surface area (Å²) in [5.41, 5.74) is -0.678. The van der Waals surface area contributed by atoms with Crippen LogP contribution in [-0.4, -0.2) is 33.0 Å². The number of aromatic amines is 1. The molecule has 0 saturated heterocycles. The van der Waals surface area contributed by atoms with Crippen LogP contribution in [0.1, 0.15) is 5.56 Å². The van der Waals surface area contributed by atoms with E-state index in [1.165, 1.54) is 28.5 Å². The number of rotatable bonds is 6. The molecule has 1 aromatic carbocycles. The number of ether oxygens (including phenoxy) is 1. The van der Waals surface area contributed by atoms with Gasteiger partial charge in [0.1, 0.15) is 12.5 Å². The Morgan fingerprint density at radius 1 is 1.36 bits per heavy atom. The van der Waals surface area contributed by atoms with Crippen molar-refractivity contribution in [2.75, 3.05) is 13.2 Å². The second-order valence-corrected chi connectivity index (χ2v) is 5.54. The summed E-state index contributed by atoms with van der Waals surface area (Å²) in [4.78, 5) is 26.7. The third-order valence-corrected chi connectivity index (χ3v) is 4.07. The Kier molecular flexibility index (Phi) is 5.42. The van der Waals surface area contributed by atoms with Crippen molar-refractivity contribution in [3.05, 3.63) is 50.7 Å². The molecule has 0 aliphatic rings. The van der Waals surface area contributed by atoms with E-state index in [2.05, 4.69) is 4.98 Å². The van der Waals surface area contributed by atoms with Crippen LogP contribution in [0.25, 0.3) is 0 Å². The summed E-state index contributed by atoms with van der Waals surface area (Å²) in [7, 11) is 0. The molecule has 0 amide bonds. The maximum Gasteiger partial charge on any atom is 0.331 e. The fraction of sp³-hybridized carbons (Fsp3) is 0.286. The number of nitrogens with zero attached hydrogens (tertiary/aromatic N) is 1. The Morgan fingerprint density at radius 3 is 2.82 bits per heavy atom. The summed E-state index contributed by atoms with van der Waals surface area (Å²) in [5.74, 6) is 0.0953. The SMILES string of the molecule is Cc1c(Sc2cccc(O)c2)n(COCCO)c(=O)[nH]c1=O. The van der Waals surface area contributed by atoms with Gasteiger partial charge in [-0.1, -0.05) is 17.8 Å². The van der Waals surface area contributed by atoms with E-state index in [1.807, 2.05) is 0 Å². The number of aromatic nitrogens is 2. The van der Waals surface area contributed by atoms with Crippen LogP contribution in [0.3, 0.4) is 0 Å². The van der Waals surface area contributed by atoms with Crippen molar-refractivity contribution >= 4 is 11.8 Å². The van der Waals surface area contributed by atoms with Gasteiger partial charge in [-0.05, 0) is 25.1 Å². The number of nitrogens with one attached hydrogen (secondary N) is 1. The molecule has 0 saturated carbocycles. The largest absolute Gasteiger partial charge is 0.508 e. The molecule has 0 radical (unpaired) electrons. The number of aliphatic hydroxyl groups is 1. The lowest BCUT2D eigenvalue weighted by molar-refractivity contribution is 0.0411. The van der Waals surface area contributed by atoms with Gasteiger partial charge < -0.3 is 14.9 Å². The first-order valence-corrected chi connectivity index (χ1v) is 7.33. The number of H-pyrrole nitrogens is 1. The van der Waals surface area contributed by atoms with Gasteiger partial charge in [0.15, 0.2) is 0 Å². The zero-order valence-corrected chi connectivity index (χ0v) is 12.7. The molecule has 0 atom stereocenters. The third-order valence-electron chi connectivity index (χ3n) is 2.86. The molecule has 0 aliphatic heterocycles. The van der Waals surface area contributed by atoms with Crippen LogP contribution in [0.5, 0.6) is 5.75 Å². The van der Waals surface area contributed by atoms with E-state index >= 15 is 0 Å². The molecule has 22 heavy (non-hydrogen) atoms. The molecule has 0 unspecified atom stereocenters. The second kappa shape index (κ2) is 7.30. The number of phenols is 1. The van der Waals surface area contributed by atoms with E-state index in [0.29, 0.717) is 15.5 Å². The maximum atomic E-state index is 12.0. The average Bonchev–Trinajstić information content (AvgIpc) is 2.48. The minimum absolute atomic E-state index is 0.0842. The zero-order chi connectivity index (χ0) is 16.1. The Bertz CT molecular complexity index is 769. The summed E-state index contributed by atoms with van der Waals surface area (Å²) in [6.07, 6.45) is 0. The molecule has 0 aliphatic carbocycles. The molecule has 2 aromatic rings. The lowest BCUT2D eigenvalue weighted by Gasteiger charge is -2.14. The quantitative estimate of drug-likeness (QED) is 0.533. The molecule has 2 rings (SSSR count). The van der Waals surface area contributed by atoms with Crippen molar-refractivity contribution in [2.45, 2.75) is 23.6 Å². The van der Waals surface area contributed by atoms with Gasteiger partial charge in [-0.3, -0.25) is 14.3 Å². The molecule has 118 valence electrons. The third kappa shape index (κ3) is 3.79. The Morgan fingerprint density at radius 2 is 2.14 bits per heavy atom. The fourth-order valence-corrected chi connectivity index (χ4v) is 2.82. The second-order valence-electron chi connectivity index (χ2n) is 4.48. The summed E-state index contributed by atoms with van der Waals surface area (Å²) >= 11 is 1.18. The number of hydrogen-bond acceptors (Lipinski definition) is 6. The van der Waals surface area contributed by atoms with Crippen molar-refractivity contribution in [1.29, 1.82) is 0 Å². The highest BCUT2D eigenvalue weighted by molar-refractivity contribution is 7.99. The van der Waals surface area contributed by atoms with E-state index in [9.17, 15) is 14.7 Å². The maximum absolute atomic E-state index is 12.0. The van der Waals surface area contributed by atoms with Crippen molar-refractivity contribution < 1.29 is 14.9 Å². The Balaban J connectivity index is 2.43. The van der Waals surface area contributed by atoms with Crippen LogP contribution in [0, 0.1) is 6.92 Å². The normalized spacial score (nSPS) is 10.8. The summed E-state index contributed by atoms with van der Waals surface area (Å²) in [6.45, 7) is 1.44. The molecule has 0 spiro atoms. The molecule has 7 nitrogen and oxygen atoms in total. The van der Waals surface area contributed by atoms with Gasteiger partial charge in [0.05, 0.1) is 18.2 Å². The smallest absolute Gasteiger partial charge is 0.331 e.